The molecule has 1 aliphatic heterocycles. The van der Waals surface area contributed by atoms with Gasteiger partial charge in [0.05, 0.1) is 12.5 Å². The van der Waals surface area contributed by atoms with Crippen molar-refractivity contribution in [2.75, 3.05) is 12.4 Å². The van der Waals surface area contributed by atoms with Gasteiger partial charge < -0.3 is 10.4 Å². The van der Waals surface area contributed by atoms with Crippen molar-refractivity contribution < 1.29 is 9.90 Å². The van der Waals surface area contributed by atoms with Crippen LogP contribution in [0.4, 0.5) is 0 Å². The minimum Gasteiger partial charge on any atom is -0.394 e. The van der Waals surface area contributed by atoms with Gasteiger partial charge in [-0.05, 0) is 18.6 Å². The molecule has 2 unspecified atom stereocenters. The van der Waals surface area contributed by atoms with Crippen LogP contribution in [-0.2, 0) is 4.79 Å². The van der Waals surface area contributed by atoms with E-state index in [2.05, 4.69) is 5.32 Å². The standard InChI is InChI=1S/C12H15NO2S/c1-8(6-14)13-12(15)10-7-16-11-5-3-2-4-9(10)11/h2-5,8,10,14H,6-7H2,1H3,(H,13,15). The Balaban J connectivity index is 2.10. The number of nitrogens with one attached hydrogen (secondary N) is 1. The van der Waals surface area contributed by atoms with Crippen LogP contribution in [-0.4, -0.2) is 29.4 Å². The van der Waals surface area contributed by atoms with Crippen LogP contribution >= 0.6 is 11.8 Å². The second-order valence-corrected chi connectivity index (χ2v) is 5.06. The Morgan fingerprint density at radius 2 is 2.38 bits per heavy atom. The van der Waals surface area contributed by atoms with Crippen LogP contribution in [0.2, 0.25) is 0 Å². The molecule has 0 saturated heterocycles. The van der Waals surface area contributed by atoms with E-state index in [1.165, 1.54) is 4.90 Å². The predicted molar refractivity (Wildman–Crippen MR) is 64.6 cm³/mol. The zero-order valence-electron chi connectivity index (χ0n) is 9.14. The number of carbonyl (C=O) groups excluding carboxylic acids is 1. The summed E-state index contributed by atoms with van der Waals surface area (Å²) >= 11 is 1.72. The van der Waals surface area contributed by atoms with Gasteiger partial charge in [-0.2, -0.15) is 0 Å². The molecular formula is C12H15NO2S. The number of hydrogen-bond acceptors (Lipinski definition) is 3. The molecule has 0 radical (unpaired) electrons. The summed E-state index contributed by atoms with van der Waals surface area (Å²) in [6, 6.07) is 7.82. The number of fused-ring (bicyclic) bond motifs is 1. The zero-order chi connectivity index (χ0) is 11.5. The number of aliphatic hydroxyl groups is 1. The molecule has 4 heteroatoms. The number of rotatable bonds is 3. The Kier molecular flexibility index (Phi) is 3.51. The molecule has 1 heterocycles. The fourth-order valence-corrected chi connectivity index (χ4v) is 3.00. The third kappa shape index (κ3) is 2.23. The lowest BCUT2D eigenvalue weighted by Crippen LogP contribution is -2.38. The Morgan fingerprint density at radius 1 is 1.62 bits per heavy atom. The van der Waals surface area contributed by atoms with Gasteiger partial charge in [0.15, 0.2) is 0 Å². The van der Waals surface area contributed by atoms with Crippen molar-refractivity contribution in [3.63, 3.8) is 0 Å². The quantitative estimate of drug-likeness (QED) is 0.835. The molecule has 0 aromatic heterocycles. The lowest BCUT2D eigenvalue weighted by atomic mass is 10.0. The minimum atomic E-state index is -0.176. The summed E-state index contributed by atoms with van der Waals surface area (Å²) in [6.07, 6.45) is 0. The molecule has 0 saturated carbocycles. The molecule has 0 fully saturated rings. The van der Waals surface area contributed by atoms with Crippen LogP contribution in [0.25, 0.3) is 0 Å². The number of benzene rings is 1. The molecule has 0 aliphatic carbocycles. The van der Waals surface area contributed by atoms with Crippen molar-refractivity contribution in [3.8, 4) is 0 Å². The average molecular weight is 237 g/mol. The maximum absolute atomic E-state index is 11.9. The Labute approximate surface area is 99.2 Å². The Bertz CT molecular complexity index is 394. The van der Waals surface area contributed by atoms with E-state index in [-0.39, 0.29) is 24.5 Å². The van der Waals surface area contributed by atoms with E-state index in [1.54, 1.807) is 18.7 Å². The molecule has 2 rings (SSSR count). The summed E-state index contributed by atoms with van der Waals surface area (Å²) < 4.78 is 0. The van der Waals surface area contributed by atoms with Crippen molar-refractivity contribution in [1.29, 1.82) is 0 Å². The molecule has 0 spiro atoms. The van der Waals surface area contributed by atoms with E-state index in [1.807, 2.05) is 24.3 Å². The highest BCUT2D eigenvalue weighted by atomic mass is 32.2. The van der Waals surface area contributed by atoms with Gasteiger partial charge in [0.2, 0.25) is 5.91 Å². The SMILES string of the molecule is CC(CO)NC(=O)C1CSc2ccccc21. The normalized spacial score (nSPS) is 20.2. The lowest BCUT2D eigenvalue weighted by molar-refractivity contribution is -0.122. The number of amides is 1. The maximum Gasteiger partial charge on any atom is 0.228 e. The highest BCUT2D eigenvalue weighted by Gasteiger charge is 2.29. The number of carbonyl (C=O) groups is 1. The van der Waals surface area contributed by atoms with Crippen LogP contribution in [0.3, 0.4) is 0 Å². The molecule has 1 amide bonds. The fraction of sp³-hybridized carbons (Fsp3) is 0.417. The second-order valence-electron chi connectivity index (χ2n) is 3.99. The molecule has 0 bridgehead atoms. The highest BCUT2D eigenvalue weighted by molar-refractivity contribution is 7.99. The number of thioether (sulfide) groups is 1. The summed E-state index contributed by atoms with van der Waals surface area (Å²) in [5, 5.41) is 11.7. The van der Waals surface area contributed by atoms with E-state index in [4.69, 9.17) is 5.11 Å². The third-order valence-electron chi connectivity index (χ3n) is 2.68. The van der Waals surface area contributed by atoms with E-state index >= 15 is 0 Å². The molecule has 2 N–H and O–H groups in total. The van der Waals surface area contributed by atoms with Crippen molar-refractivity contribution in [2.24, 2.45) is 0 Å². The molecule has 1 aromatic rings. The molecule has 3 nitrogen and oxygen atoms in total. The van der Waals surface area contributed by atoms with Gasteiger partial charge in [-0.3, -0.25) is 4.79 Å². The predicted octanol–water partition coefficient (Wildman–Crippen LogP) is 1.37. The number of aliphatic hydroxyl groups excluding tert-OH is 1. The molecule has 86 valence electrons. The van der Waals surface area contributed by atoms with E-state index in [9.17, 15) is 4.79 Å². The van der Waals surface area contributed by atoms with Gasteiger partial charge in [-0.1, -0.05) is 18.2 Å². The molecule has 16 heavy (non-hydrogen) atoms. The second kappa shape index (κ2) is 4.89. The topological polar surface area (TPSA) is 49.3 Å². The summed E-state index contributed by atoms with van der Waals surface area (Å²) in [5.41, 5.74) is 1.11. The van der Waals surface area contributed by atoms with Crippen molar-refractivity contribution >= 4 is 17.7 Å². The van der Waals surface area contributed by atoms with E-state index in [0.29, 0.717) is 0 Å². The average Bonchev–Trinajstić information content (AvgIpc) is 2.72. The van der Waals surface area contributed by atoms with Crippen molar-refractivity contribution in [2.45, 2.75) is 23.8 Å². The van der Waals surface area contributed by atoms with E-state index in [0.717, 1.165) is 11.3 Å². The molecule has 1 aromatic carbocycles. The lowest BCUT2D eigenvalue weighted by Gasteiger charge is -2.15. The summed E-state index contributed by atoms with van der Waals surface area (Å²) in [4.78, 5) is 13.1. The van der Waals surface area contributed by atoms with Crippen LogP contribution in [0.15, 0.2) is 29.2 Å². The maximum atomic E-state index is 11.9. The van der Waals surface area contributed by atoms with Gasteiger partial charge in [0.1, 0.15) is 0 Å². The molecule has 2 atom stereocenters. The van der Waals surface area contributed by atoms with Gasteiger partial charge in [-0.25, -0.2) is 0 Å². The first-order chi connectivity index (χ1) is 7.72. The molecule has 1 aliphatic rings. The monoisotopic (exact) mass is 237 g/mol. The van der Waals surface area contributed by atoms with Gasteiger partial charge in [0, 0.05) is 16.7 Å². The van der Waals surface area contributed by atoms with Crippen LogP contribution < -0.4 is 5.32 Å². The van der Waals surface area contributed by atoms with E-state index < -0.39 is 0 Å². The molecular weight excluding hydrogens is 222 g/mol. The highest BCUT2D eigenvalue weighted by Crippen LogP contribution is 2.39. The zero-order valence-corrected chi connectivity index (χ0v) is 9.96. The Morgan fingerprint density at radius 3 is 3.12 bits per heavy atom. The van der Waals surface area contributed by atoms with Gasteiger partial charge >= 0.3 is 0 Å². The van der Waals surface area contributed by atoms with Crippen molar-refractivity contribution in [1.82, 2.24) is 5.32 Å². The minimum absolute atomic E-state index is 0.0130. The summed E-state index contributed by atoms with van der Waals surface area (Å²) in [6.45, 7) is 1.78. The fourth-order valence-electron chi connectivity index (χ4n) is 1.77. The third-order valence-corrected chi connectivity index (χ3v) is 3.86. The first-order valence-electron chi connectivity index (χ1n) is 5.35. The largest absolute Gasteiger partial charge is 0.394 e. The van der Waals surface area contributed by atoms with Gasteiger partial charge in [0.25, 0.3) is 0 Å². The first kappa shape index (κ1) is 11.5. The van der Waals surface area contributed by atoms with Crippen LogP contribution in [0, 0.1) is 0 Å². The van der Waals surface area contributed by atoms with Crippen LogP contribution in [0.1, 0.15) is 18.4 Å². The van der Waals surface area contributed by atoms with Crippen LogP contribution in [0.5, 0.6) is 0 Å². The van der Waals surface area contributed by atoms with Gasteiger partial charge in [-0.15, -0.1) is 11.8 Å². The Hall–Kier alpha value is -1.00. The first-order valence-corrected chi connectivity index (χ1v) is 6.34. The smallest absolute Gasteiger partial charge is 0.228 e. The number of hydrogen-bond donors (Lipinski definition) is 2. The van der Waals surface area contributed by atoms with Crippen molar-refractivity contribution in [3.05, 3.63) is 29.8 Å². The summed E-state index contributed by atoms with van der Waals surface area (Å²) in [5.74, 6) is 0.734. The summed E-state index contributed by atoms with van der Waals surface area (Å²) in [7, 11) is 0.